The lowest BCUT2D eigenvalue weighted by Crippen LogP contribution is -2.48. The minimum Gasteiger partial charge on any atom is -0.338 e. The molecule has 0 spiro atoms. The lowest BCUT2D eigenvalue weighted by Gasteiger charge is -2.29. The molecule has 23 heavy (non-hydrogen) atoms. The Balaban J connectivity index is 2.56. The molecule has 2 amide bonds. The smallest absolute Gasteiger partial charge is 0.317 e. The van der Waals surface area contributed by atoms with Crippen molar-refractivity contribution in [2.75, 3.05) is 19.8 Å². The quantitative estimate of drug-likeness (QED) is 0.855. The molecule has 1 aromatic carbocycles. The van der Waals surface area contributed by atoms with Gasteiger partial charge in [-0.05, 0) is 31.9 Å². The molecule has 0 unspecified atom stereocenters. The van der Waals surface area contributed by atoms with Crippen LogP contribution in [0.1, 0.15) is 19.4 Å². The molecule has 0 aliphatic carbocycles. The Hall–Kier alpha value is -1.70. The minimum atomic E-state index is -3.26. The number of carbonyl (C=O) groups is 1. The second-order valence-corrected chi connectivity index (χ2v) is 8.01. The summed E-state index contributed by atoms with van der Waals surface area (Å²) in [6.07, 6.45) is 1.33. The number of halogens is 2. The third kappa shape index (κ3) is 5.46. The van der Waals surface area contributed by atoms with Crippen LogP contribution in [0.15, 0.2) is 18.2 Å². The highest BCUT2D eigenvalue weighted by Gasteiger charge is 2.27. The highest BCUT2D eigenvalue weighted by molar-refractivity contribution is 7.91. The summed E-state index contributed by atoms with van der Waals surface area (Å²) in [5, 5.41) is 1.89. The molecule has 1 N–H and O–H groups in total. The van der Waals surface area contributed by atoms with Crippen LogP contribution >= 0.6 is 0 Å². The number of carbonyl (C=O) groups excluding carboxylic acids is 1. The second-order valence-electron chi connectivity index (χ2n) is 5.60. The second kappa shape index (κ2) is 7.72. The first-order valence-electron chi connectivity index (χ1n) is 7.17. The molecule has 0 aliphatic rings. The van der Waals surface area contributed by atoms with Crippen molar-refractivity contribution in [1.29, 1.82) is 0 Å². The Morgan fingerprint density at radius 2 is 1.91 bits per heavy atom. The summed E-state index contributed by atoms with van der Waals surface area (Å²) in [5.41, 5.74) is 0.298. The third-order valence-electron chi connectivity index (χ3n) is 3.97. The normalized spacial score (nSPS) is 14.2. The molecular formula is C15H22F2N2O3S. The fraction of sp³-hybridized carbons (Fsp3) is 0.533. The molecule has 0 heterocycles. The number of nitrogens with one attached hydrogen (secondary N) is 1. The van der Waals surface area contributed by atoms with Gasteiger partial charge in [0.05, 0.1) is 5.25 Å². The van der Waals surface area contributed by atoms with E-state index in [4.69, 9.17) is 0 Å². The largest absolute Gasteiger partial charge is 0.338 e. The zero-order chi connectivity index (χ0) is 17.8. The van der Waals surface area contributed by atoms with Gasteiger partial charge in [0.1, 0.15) is 11.6 Å². The van der Waals surface area contributed by atoms with Gasteiger partial charge >= 0.3 is 6.03 Å². The first-order valence-corrected chi connectivity index (χ1v) is 9.13. The first kappa shape index (κ1) is 19.3. The number of urea groups is 1. The number of rotatable bonds is 6. The van der Waals surface area contributed by atoms with E-state index in [1.807, 2.05) is 0 Å². The van der Waals surface area contributed by atoms with Crippen LogP contribution < -0.4 is 5.32 Å². The molecule has 1 aromatic rings. The molecule has 0 aliphatic heterocycles. The van der Waals surface area contributed by atoms with Crippen LogP contribution in [0, 0.1) is 11.6 Å². The maximum absolute atomic E-state index is 13.5. The number of hydrogen-bond donors (Lipinski definition) is 1. The summed E-state index contributed by atoms with van der Waals surface area (Å²) in [7, 11) is -1.76. The van der Waals surface area contributed by atoms with Crippen LogP contribution in [0.3, 0.4) is 0 Å². The fourth-order valence-corrected chi connectivity index (χ4v) is 2.91. The van der Waals surface area contributed by atoms with Crippen LogP contribution in [-0.4, -0.2) is 50.5 Å². The number of amides is 2. The highest BCUT2D eigenvalue weighted by atomic mass is 32.2. The van der Waals surface area contributed by atoms with Crippen molar-refractivity contribution >= 4 is 15.9 Å². The molecule has 0 aromatic heterocycles. The lowest BCUT2D eigenvalue weighted by atomic mass is 10.1. The van der Waals surface area contributed by atoms with E-state index in [-0.39, 0.29) is 13.0 Å². The molecule has 0 fully saturated rings. The molecular weight excluding hydrogens is 326 g/mol. The predicted octanol–water partition coefficient (Wildman–Crippen LogP) is 1.97. The van der Waals surface area contributed by atoms with Gasteiger partial charge in [-0.3, -0.25) is 0 Å². The van der Waals surface area contributed by atoms with E-state index in [0.717, 1.165) is 18.4 Å². The van der Waals surface area contributed by atoms with Gasteiger partial charge < -0.3 is 10.2 Å². The SMILES string of the molecule is C[C@@H]([C@H](C)S(C)(=O)=O)N(C)C(=O)NCCc1ccc(F)cc1F. The Morgan fingerprint density at radius 3 is 2.43 bits per heavy atom. The van der Waals surface area contributed by atoms with Gasteiger partial charge in [0.15, 0.2) is 9.84 Å². The van der Waals surface area contributed by atoms with E-state index in [9.17, 15) is 22.0 Å². The van der Waals surface area contributed by atoms with Gasteiger partial charge in [-0.1, -0.05) is 6.07 Å². The van der Waals surface area contributed by atoms with Gasteiger partial charge in [-0.15, -0.1) is 0 Å². The van der Waals surface area contributed by atoms with Crippen LogP contribution in [0.4, 0.5) is 13.6 Å². The van der Waals surface area contributed by atoms with Crippen LogP contribution in [-0.2, 0) is 16.3 Å². The molecule has 0 radical (unpaired) electrons. The Bertz CT molecular complexity index is 665. The summed E-state index contributed by atoms with van der Waals surface area (Å²) in [4.78, 5) is 13.3. The van der Waals surface area contributed by atoms with Gasteiger partial charge in [-0.2, -0.15) is 0 Å². The van der Waals surface area contributed by atoms with Crippen LogP contribution in [0.25, 0.3) is 0 Å². The highest BCUT2D eigenvalue weighted by Crippen LogP contribution is 2.11. The van der Waals surface area contributed by atoms with Crippen molar-refractivity contribution in [3.63, 3.8) is 0 Å². The summed E-state index contributed by atoms with van der Waals surface area (Å²) in [6.45, 7) is 3.34. The van der Waals surface area contributed by atoms with Crippen molar-refractivity contribution in [2.45, 2.75) is 31.6 Å². The monoisotopic (exact) mass is 348 g/mol. The molecule has 5 nitrogen and oxygen atoms in total. The summed E-state index contributed by atoms with van der Waals surface area (Å²) >= 11 is 0. The van der Waals surface area contributed by atoms with E-state index in [1.54, 1.807) is 6.92 Å². The standard InChI is InChI=1S/C15H22F2N2O3S/c1-10(11(2)23(4,21)22)19(3)15(20)18-8-7-12-5-6-13(16)9-14(12)17/h5-6,9-11H,7-8H2,1-4H3,(H,18,20)/t10-,11-/m0/s1. The summed E-state index contributed by atoms with van der Waals surface area (Å²) in [6, 6.07) is 2.32. The topological polar surface area (TPSA) is 66.5 Å². The van der Waals surface area contributed by atoms with E-state index >= 15 is 0 Å². The number of sulfone groups is 1. The maximum Gasteiger partial charge on any atom is 0.317 e. The third-order valence-corrected chi connectivity index (χ3v) is 5.72. The van der Waals surface area contributed by atoms with E-state index in [1.165, 1.54) is 24.9 Å². The molecule has 0 saturated carbocycles. The number of benzene rings is 1. The van der Waals surface area contributed by atoms with Crippen molar-refractivity contribution in [1.82, 2.24) is 10.2 Å². The Labute approximate surface area is 135 Å². The van der Waals surface area contributed by atoms with Gasteiger partial charge in [-0.25, -0.2) is 22.0 Å². The lowest BCUT2D eigenvalue weighted by molar-refractivity contribution is 0.193. The van der Waals surface area contributed by atoms with Crippen LogP contribution in [0.5, 0.6) is 0 Å². The zero-order valence-electron chi connectivity index (χ0n) is 13.6. The molecule has 1 rings (SSSR count). The molecule has 130 valence electrons. The average molecular weight is 348 g/mol. The Kier molecular flexibility index (Phi) is 6.49. The number of nitrogens with zero attached hydrogens (tertiary/aromatic N) is 1. The van der Waals surface area contributed by atoms with Crippen molar-refractivity contribution < 1.29 is 22.0 Å². The van der Waals surface area contributed by atoms with Gasteiger partial charge in [0.25, 0.3) is 0 Å². The van der Waals surface area contributed by atoms with E-state index in [2.05, 4.69) is 5.32 Å². The van der Waals surface area contributed by atoms with Crippen molar-refractivity contribution in [3.05, 3.63) is 35.4 Å². The first-order chi connectivity index (χ1) is 10.5. The van der Waals surface area contributed by atoms with Crippen molar-refractivity contribution in [3.8, 4) is 0 Å². The number of hydrogen-bond acceptors (Lipinski definition) is 3. The molecule has 0 saturated heterocycles. The van der Waals surface area contributed by atoms with E-state index in [0.29, 0.717) is 5.56 Å². The van der Waals surface area contributed by atoms with Gasteiger partial charge in [0, 0.05) is 32.0 Å². The minimum absolute atomic E-state index is 0.158. The molecule has 2 atom stereocenters. The maximum atomic E-state index is 13.5. The summed E-state index contributed by atoms with van der Waals surface area (Å²) in [5.74, 6) is -1.31. The van der Waals surface area contributed by atoms with E-state index < -0.39 is 38.8 Å². The predicted molar refractivity (Wildman–Crippen MR) is 85.0 cm³/mol. The zero-order valence-corrected chi connectivity index (χ0v) is 14.5. The molecule has 8 heteroatoms. The fourth-order valence-electron chi connectivity index (χ4n) is 2.01. The average Bonchev–Trinajstić information content (AvgIpc) is 2.46. The Morgan fingerprint density at radius 1 is 1.30 bits per heavy atom. The van der Waals surface area contributed by atoms with Crippen LogP contribution in [0.2, 0.25) is 0 Å². The summed E-state index contributed by atoms with van der Waals surface area (Å²) < 4.78 is 49.3. The van der Waals surface area contributed by atoms with Gasteiger partial charge in [0.2, 0.25) is 0 Å². The van der Waals surface area contributed by atoms with Crippen molar-refractivity contribution in [2.24, 2.45) is 0 Å². The molecule has 0 bridgehead atoms.